The van der Waals surface area contributed by atoms with E-state index in [1.54, 1.807) is 0 Å². The molecule has 0 spiro atoms. The number of fused-ring (bicyclic) bond motifs is 2. The number of para-hydroxylation sites is 1. The smallest absolute Gasteiger partial charge is 0.258 e. The van der Waals surface area contributed by atoms with Gasteiger partial charge in [-0.05, 0) is 55.6 Å². The molecule has 136 valence electrons. The van der Waals surface area contributed by atoms with Gasteiger partial charge in [0.1, 0.15) is 5.75 Å². The van der Waals surface area contributed by atoms with Crippen LogP contribution in [0.5, 0.6) is 5.75 Å². The van der Waals surface area contributed by atoms with Crippen molar-refractivity contribution in [1.82, 2.24) is 5.32 Å². The first kappa shape index (κ1) is 17.1. The van der Waals surface area contributed by atoms with Crippen LogP contribution in [0.25, 0.3) is 11.1 Å². The highest BCUT2D eigenvalue weighted by Gasteiger charge is 2.42. The molecule has 0 aliphatic heterocycles. The second-order valence-corrected chi connectivity index (χ2v) is 7.85. The van der Waals surface area contributed by atoms with Crippen molar-refractivity contribution in [3.63, 3.8) is 0 Å². The minimum absolute atomic E-state index is 0.0249. The molecule has 0 heterocycles. The molecule has 26 heavy (non-hydrogen) atoms. The van der Waals surface area contributed by atoms with Crippen molar-refractivity contribution in [1.29, 1.82) is 0 Å². The van der Waals surface area contributed by atoms with Crippen molar-refractivity contribution in [3.05, 3.63) is 54.6 Å². The standard InChI is InChI=1S/C23H27NO2/c1-16(21-14-17-11-12-19(21)13-17)24-23(25)15-26-22-10-6-5-9-20(22)18-7-3-2-4-8-18/h2-10,16-17,19,21H,11-15H2,1H3,(H,24,25). The van der Waals surface area contributed by atoms with E-state index in [1.807, 2.05) is 42.5 Å². The van der Waals surface area contributed by atoms with Crippen LogP contribution in [0.1, 0.15) is 32.6 Å². The van der Waals surface area contributed by atoms with Crippen molar-refractivity contribution in [2.24, 2.45) is 17.8 Å². The lowest BCUT2D eigenvalue weighted by Crippen LogP contribution is -2.42. The first-order chi connectivity index (χ1) is 12.7. The van der Waals surface area contributed by atoms with Crippen molar-refractivity contribution in [2.75, 3.05) is 6.61 Å². The fraction of sp³-hybridized carbons (Fsp3) is 0.435. The average molecular weight is 349 g/mol. The molecule has 2 aromatic rings. The number of amides is 1. The van der Waals surface area contributed by atoms with Crippen LogP contribution in [0, 0.1) is 17.8 Å². The SMILES string of the molecule is CC(NC(=O)COc1ccccc1-c1ccccc1)C1CC2CCC1C2. The quantitative estimate of drug-likeness (QED) is 0.823. The highest BCUT2D eigenvalue weighted by molar-refractivity contribution is 5.78. The number of carbonyl (C=O) groups excluding carboxylic acids is 1. The van der Waals surface area contributed by atoms with Gasteiger partial charge in [0.15, 0.2) is 6.61 Å². The highest BCUT2D eigenvalue weighted by atomic mass is 16.5. The molecule has 0 aromatic heterocycles. The minimum Gasteiger partial charge on any atom is -0.483 e. The molecule has 4 unspecified atom stereocenters. The van der Waals surface area contributed by atoms with Crippen molar-refractivity contribution >= 4 is 5.91 Å². The van der Waals surface area contributed by atoms with E-state index in [1.165, 1.54) is 25.7 Å². The van der Waals surface area contributed by atoms with Gasteiger partial charge in [0.25, 0.3) is 5.91 Å². The predicted octanol–water partition coefficient (Wildman–Crippen LogP) is 4.67. The van der Waals surface area contributed by atoms with E-state index >= 15 is 0 Å². The summed E-state index contributed by atoms with van der Waals surface area (Å²) in [6, 6.07) is 18.3. The lowest BCUT2D eigenvalue weighted by molar-refractivity contribution is -0.124. The fourth-order valence-corrected chi connectivity index (χ4v) is 4.90. The topological polar surface area (TPSA) is 38.3 Å². The number of ether oxygens (including phenoxy) is 1. The van der Waals surface area contributed by atoms with Crippen LogP contribution in [0.4, 0.5) is 0 Å². The maximum absolute atomic E-state index is 12.4. The molecule has 4 rings (SSSR count). The third-order valence-electron chi connectivity index (χ3n) is 6.15. The van der Waals surface area contributed by atoms with Crippen LogP contribution in [0.3, 0.4) is 0 Å². The molecule has 2 fully saturated rings. The molecule has 3 nitrogen and oxygen atoms in total. The Labute approximate surface area is 155 Å². The second-order valence-electron chi connectivity index (χ2n) is 7.85. The Morgan fingerprint density at radius 2 is 1.85 bits per heavy atom. The Morgan fingerprint density at radius 3 is 2.58 bits per heavy atom. The Hall–Kier alpha value is -2.29. The molecule has 2 aromatic carbocycles. The Kier molecular flexibility index (Phi) is 4.96. The van der Waals surface area contributed by atoms with Crippen LogP contribution in [0.2, 0.25) is 0 Å². The van der Waals surface area contributed by atoms with Gasteiger partial charge >= 0.3 is 0 Å². The van der Waals surface area contributed by atoms with Gasteiger partial charge in [-0.2, -0.15) is 0 Å². The van der Waals surface area contributed by atoms with Gasteiger partial charge in [-0.3, -0.25) is 4.79 Å². The summed E-state index contributed by atoms with van der Waals surface area (Å²) in [5, 5.41) is 3.17. The summed E-state index contributed by atoms with van der Waals surface area (Å²) < 4.78 is 5.87. The van der Waals surface area contributed by atoms with E-state index < -0.39 is 0 Å². The third-order valence-corrected chi connectivity index (χ3v) is 6.15. The van der Waals surface area contributed by atoms with Crippen molar-refractivity contribution in [3.8, 4) is 16.9 Å². The van der Waals surface area contributed by atoms with Gasteiger partial charge in [0.05, 0.1) is 0 Å². The summed E-state index contributed by atoms with van der Waals surface area (Å²) in [6.07, 6.45) is 5.38. The Balaban J connectivity index is 1.35. The molecule has 4 atom stereocenters. The van der Waals surface area contributed by atoms with Crippen LogP contribution < -0.4 is 10.1 Å². The summed E-state index contributed by atoms with van der Waals surface area (Å²) in [6.45, 7) is 2.22. The normalized spacial score (nSPS) is 25.0. The van der Waals surface area contributed by atoms with Crippen LogP contribution in [-0.4, -0.2) is 18.6 Å². The highest BCUT2D eigenvalue weighted by Crippen LogP contribution is 2.49. The first-order valence-electron chi connectivity index (χ1n) is 9.77. The number of rotatable bonds is 6. The number of nitrogens with one attached hydrogen (secondary N) is 1. The van der Waals surface area contributed by atoms with Crippen molar-refractivity contribution in [2.45, 2.75) is 38.6 Å². The average Bonchev–Trinajstić information content (AvgIpc) is 3.31. The van der Waals surface area contributed by atoms with E-state index in [4.69, 9.17) is 4.74 Å². The van der Waals surface area contributed by atoms with Gasteiger partial charge in [0, 0.05) is 11.6 Å². The van der Waals surface area contributed by atoms with E-state index in [0.29, 0.717) is 5.92 Å². The molecule has 3 heteroatoms. The Bertz CT molecular complexity index is 758. The van der Waals surface area contributed by atoms with E-state index in [0.717, 1.165) is 28.7 Å². The largest absolute Gasteiger partial charge is 0.483 e. The van der Waals surface area contributed by atoms with Gasteiger partial charge < -0.3 is 10.1 Å². The zero-order valence-corrected chi connectivity index (χ0v) is 15.4. The number of hydrogen-bond donors (Lipinski definition) is 1. The molecule has 2 bridgehead atoms. The molecule has 0 radical (unpaired) electrons. The lowest BCUT2D eigenvalue weighted by Gasteiger charge is -2.28. The molecule has 1 amide bonds. The van der Waals surface area contributed by atoms with Crippen LogP contribution in [0.15, 0.2) is 54.6 Å². The van der Waals surface area contributed by atoms with E-state index in [-0.39, 0.29) is 18.6 Å². The zero-order chi connectivity index (χ0) is 17.9. The fourth-order valence-electron chi connectivity index (χ4n) is 4.90. The summed E-state index contributed by atoms with van der Waals surface area (Å²) in [7, 11) is 0. The predicted molar refractivity (Wildman–Crippen MR) is 104 cm³/mol. The van der Waals surface area contributed by atoms with Crippen LogP contribution in [-0.2, 0) is 4.79 Å². The second kappa shape index (κ2) is 7.53. The van der Waals surface area contributed by atoms with Gasteiger partial charge in [-0.25, -0.2) is 0 Å². The summed E-state index contributed by atoms with van der Waals surface area (Å²) in [5.74, 6) is 3.09. The monoisotopic (exact) mass is 349 g/mol. The first-order valence-corrected chi connectivity index (χ1v) is 9.77. The molecule has 0 saturated heterocycles. The van der Waals surface area contributed by atoms with Crippen LogP contribution >= 0.6 is 0 Å². The van der Waals surface area contributed by atoms with Gasteiger partial charge in [-0.15, -0.1) is 0 Å². The number of hydrogen-bond acceptors (Lipinski definition) is 2. The van der Waals surface area contributed by atoms with E-state index in [2.05, 4.69) is 24.4 Å². The molecular formula is C23H27NO2. The zero-order valence-electron chi connectivity index (χ0n) is 15.4. The van der Waals surface area contributed by atoms with Gasteiger partial charge in [0.2, 0.25) is 0 Å². The number of carbonyl (C=O) groups is 1. The summed E-state index contributed by atoms with van der Waals surface area (Å²) in [5.41, 5.74) is 2.11. The van der Waals surface area contributed by atoms with E-state index in [9.17, 15) is 4.79 Å². The Morgan fingerprint density at radius 1 is 1.08 bits per heavy atom. The summed E-state index contributed by atoms with van der Waals surface area (Å²) in [4.78, 5) is 12.4. The summed E-state index contributed by atoms with van der Waals surface area (Å²) >= 11 is 0. The maximum atomic E-state index is 12.4. The molecule has 2 aliphatic carbocycles. The molecule has 2 aliphatic rings. The minimum atomic E-state index is -0.0249. The molecule has 1 N–H and O–H groups in total. The third kappa shape index (κ3) is 3.62. The molecular weight excluding hydrogens is 322 g/mol. The lowest BCUT2D eigenvalue weighted by atomic mass is 9.84. The molecule has 2 saturated carbocycles. The maximum Gasteiger partial charge on any atom is 0.258 e. The van der Waals surface area contributed by atoms with Crippen molar-refractivity contribution < 1.29 is 9.53 Å². The number of benzene rings is 2. The van der Waals surface area contributed by atoms with Gasteiger partial charge in [-0.1, -0.05) is 55.0 Å².